The van der Waals surface area contributed by atoms with Crippen LogP contribution in [0.5, 0.6) is 23.0 Å². The van der Waals surface area contributed by atoms with E-state index in [0.717, 1.165) is 29.2 Å². The molecule has 3 heterocycles. The number of likely N-dealkylation sites (tertiary alicyclic amines) is 1. The number of carboxylic acids is 2. The fourth-order valence-corrected chi connectivity index (χ4v) is 7.43. The number of fused-ring (bicyclic) bond motifs is 2. The van der Waals surface area contributed by atoms with Crippen LogP contribution in [-0.4, -0.2) is 80.2 Å². The molecule has 12 nitrogen and oxygen atoms in total. The first-order valence-corrected chi connectivity index (χ1v) is 20.1. The van der Waals surface area contributed by atoms with Gasteiger partial charge in [0, 0.05) is 35.9 Å². The number of carboxylic acid groups (broad SMARTS) is 2. The van der Waals surface area contributed by atoms with Gasteiger partial charge in [-0.3, -0.25) is 0 Å². The normalized spacial score (nSPS) is 16.2. The van der Waals surface area contributed by atoms with Crippen LogP contribution >= 0.6 is 11.6 Å². The van der Waals surface area contributed by atoms with Gasteiger partial charge in [0.25, 0.3) is 0 Å². The molecule has 61 heavy (non-hydrogen) atoms. The van der Waals surface area contributed by atoms with Crippen LogP contribution < -0.4 is 24.6 Å². The van der Waals surface area contributed by atoms with Gasteiger partial charge < -0.3 is 43.2 Å². The van der Waals surface area contributed by atoms with E-state index in [4.69, 9.17) is 49.9 Å². The Bertz CT molecular complexity index is 2390. The molecule has 4 aromatic carbocycles. The van der Waals surface area contributed by atoms with Gasteiger partial charge in [-0.1, -0.05) is 66.2 Å². The molecule has 2 aliphatic heterocycles. The lowest BCUT2D eigenvalue weighted by atomic mass is 9.88. The van der Waals surface area contributed by atoms with Crippen LogP contribution in [0, 0.1) is 0 Å². The Kier molecular flexibility index (Phi) is 15.4. The Morgan fingerprint density at radius 2 is 1.52 bits per heavy atom. The molecule has 2 N–H and O–H groups in total. The molecule has 2 atom stereocenters. The monoisotopic (exact) mass is 853 g/mol. The van der Waals surface area contributed by atoms with Crippen molar-refractivity contribution >= 4 is 40.6 Å². The van der Waals surface area contributed by atoms with Crippen molar-refractivity contribution in [2.45, 2.75) is 57.3 Å². The van der Waals surface area contributed by atoms with E-state index in [9.17, 15) is 14.4 Å². The number of aliphatic carboxylic acids is 2. The maximum atomic E-state index is 12.9. The van der Waals surface area contributed by atoms with E-state index in [1.165, 1.54) is 32.1 Å². The summed E-state index contributed by atoms with van der Waals surface area (Å²) < 4.78 is 34.8. The second-order valence-corrected chi connectivity index (χ2v) is 15.5. The molecule has 0 saturated carbocycles. The Morgan fingerprint density at radius 3 is 2.08 bits per heavy atom. The fraction of sp³-hybridized carbons (Fsp3) is 0.312. The van der Waals surface area contributed by atoms with E-state index in [1.807, 2.05) is 44.2 Å². The number of hydrogen-bond acceptors (Lipinski definition) is 10. The quantitative estimate of drug-likeness (QED) is 0.0908. The number of halogens is 1. The van der Waals surface area contributed by atoms with Crippen LogP contribution in [-0.2, 0) is 19.9 Å². The Balaban J connectivity index is 0.000000199. The first kappa shape index (κ1) is 46.0. The zero-order chi connectivity index (χ0) is 44.3. The van der Waals surface area contributed by atoms with Gasteiger partial charge in [-0.25, -0.2) is 14.4 Å². The topological polar surface area (TPSA) is 154 Å². The minimum atomic E-state index is -1.26. The summed E-state index contributed by atoms with van der Waals surface area (Å²) in [4.78, 5) is 34.4. The highest BCUT2D eigenvalue weighted by Crippen LogP contribution is 2.47. The van der Waals surface area contributed by atoms with Crippen molar-refractivity contribution in [1.29, 1.82) is 0 Å². The standard InChI is InChI=1S/C23H22O6.C21H26ClNO.C4H4O4/c1-23(2)11-10-15-16(29-23)12-17-19(20(15)26-4)21(27-5)18(22(24)28-17)13-6-8-14(25-3)9-7-13;1-21(17-7-4-3-5-8-17,18-10-12-19(22)13-11-18)24-16-14-20-9-6-15-23(20)2;5-3(6)1-2-4(7)8/h6-12H,1-5H3;3-5,7-8,10-13,20H,6,9,14-16H2,1-2H3;1-2H,(H,5,6)(H,7,8). The van der Waals surface area contributed by atoms with Crippen LogP contribution in [0.15, 0.2) is 112 Å². The van der Waals surface area contributed by atoms with Crippen LogP contribution in [0.25, 0.3) is 28.2 Å². The minimum absolute atomic E-state index is 0.321. The van der Waals surface area contributed by atoms with Crippen molar-refractivity contribution in [3.05, 3.63) is 135 Å². The van der Waals surface area contributed by atoms with Crippen molar-refractivity contribution in [3.63, 3.8) is 0 Å². The Morgan fingerprint density at radius 1 is 0.902 bits per heavy atom. The van der Waals surface area contributed by atoms with Gasteiger partial charge in [0.1, 0.15) is 50.7 Å². The fourth-order valence-electron chi connectivity index (χ4n) is 7.30. The van der Waals surface area contributed by atoms with E-state index in [2.05, 4.69) is 55.3 Å². The Labute approximate surface area is 360 Å². The average Bonchev–Trinajstić information content (AvgIpc) is 3.66. The molecule has 7 rings (SSSR count). The number of nitrogens with zero attached hydrogens (tertiary/aromatic N) is 1. The summed E-state index contributed by atoms with van der Waals surface area (Å²) in [6, 6.07) is 27.9. The van der Waals surface area contributed by atoms with Crippen LogP contribution in [0.3, 0.4) is 0 Å². The maximum absolute atomic E-state index is 12.9. The van der Waals surface area contributed by atoms with E-state index < -0.39 is 28.8 Å². The van der Waals surface area contributed by atoms with E-state index >= 15 is 0 Å². The molecule has 2 aliphatic rings. The molecule has 1 fully saturated rings. The SMILES string of the molecule is CN1CCCC1CCOC(C)(c1ccccc1)c1ccc(Cl)cc1.COc1ccc(-c2c(OC)c3c(OC)c4c(cc3oc2=O)OC(C)(C)C=C4)cc1.O=C(O)C=CC(=O)O. The molecule has 0 amide bonds. The zero-order valence-corrected chi connectivity index (χ0v) is 36.2. The van der Waals surface area contributed by atoms with Crippen molar-refractivity contribution < 1.29 is 47.9 Å². The van der Waals surface area contributed by atoms with Gasteiger partial charge in [-0.05, 0) is 107 Å². The molecule has 0 aliphatic carbocycles. The van der Waals surface area contributed by atoms with E-state index in [0.29, 0.717) is 63.3 Å². The van der Waals surface area contributed by atoms with Gasteiger partial charge in [-0.2, -0.15) is 0 Å². The van der Waals surface area contributed by atoms with Crippen LogP contribution in [0.4, 0.5) is 0 Å². The highest BCUT2D eigenvalue weighted by atomic mass is 35.5. The number of ether oxygens (including phenoxy) is 5. The van der Waals surface area contributed by atoms with Crippen molar-refractivity contribution in [1.82, 2.24) is 4.90 Å². The summed E-state index contributed by atoms with van der Waals surface area (Å²) in [6.07, 6.45) is 8.68. The highest BCUT2D eigenvalue weighted by molar-refractivity contribution is 6.30. The van der Waals surface area contributed by atoms with Crippen LogP contribution in [0.2, 0.25) is 5.02 Å². The molecule has 2 unspecified atom stereocenters. The third-order valence-corrected chi connectivity index (χ3v) is 10.8. The molecular formula is C48H52ClNO11. The summed E-state index contributed by atoms with van der Waals surface area (Å²) in [5.41, 5.74) is 2.96. The lowest BCUT2D eigenvalue weighted by molar-refractivity contribution is -0.134. The number of rotatable bonds is 12. The molecule has 0 bridgehead atoms. The summed E-state index contributed by atoms with van der Waals surface area (Å²) in [5, 5.41) is 17.0. The molecule has 1 aromatic heterocycles. The second kappa shape index (κ2) is 20.5. The van der Waals surface area contributed by atoms with Gasteiger partial charge in [0.2, 0.25) is 0 Å². The summed E-state index contributed by atoms with van der Waals surface area (Å²) in [7, 11) is 6.90. The molecule has 0 spiro atoms. The third-order valence-electron chi connectivity index (χ3n) is 10.5. The zero-order valence-electron chi connectivity index (χ0n) is 35.4. The van der Waals surface area contributed by atoms with E-state index in [-0.39, 0.29) is 0 Å². The Hall–Kier alpha value is -6.08. The molecule has 0 radical (unpaired) electrons. The highest BCUT2D eigenvalue weighted by Gasteiger charge is 2.32. The summed E-state index contributed by atoms with van der Waals surface area (Å²) >= 11 is 6.07. The van der Waals surface area contributed by atoms with Crippen LogP contribution in [0.1, 0.15) is 56.7 Å². The number of hydrogen-bond donors (Lipinski definition) is 2. The van der Waals surface area contributed by atoms with Crippen molar-refractivity contribution in [2.75, 3.05) is 41.5 Å². The summed E-state index contributed by atoms with van der Waals surface area (Å²) in [6.45, 7) is 8.02. The number of benzene rings is 4. The molecule has 13 heteroatoms. The molecule has 5 aromatic rings. The molecule has 322 valence electrons. The summed E-state index contributed by atoms with van der Waals surface area (Å²) in [5.74, 6) is -0.322. The van der Waals surface area contributed by atoms with Gasteiger partial charge >= 0.3 is 17.6 Å². The molecule has 1 saturated heterocycles. The average molecular weight is 854 g/mol. The minimum Gasteiger partial charge on any atom is -0.497 e. The predicted octanol–water partition coefficient (Wildman–Crippen LogP) is 9.49. The lowest BCUT2D eigenvalue weighted by Gasteiger charge is -2.32. The van der Waals surface area contributed by atoms with Gasteiger partial charge in [-0.15, -0.1) is 0 Å². The smallest absolute Gasteiger partial charge is 0.347 e. The van der Waals surface area contributed by atoms with E-state index in [1.54, 1.807) is 44.6 Å². The molecular weight excluding hydrogens is 802 g/mol. The number of carbonyl (C=O) groups is 2. The second-order valence-electron chi connectivity index (χ2n) is 15.1. The predicted molar refractivity (Wildman–Crippen MR) is 236 cm³/mol. The number of methoxy groups -OCH3 is 3. The van der Waals surface area contributed by atoms with Crippen molar-refractivity contribution in [2.24, 2.45) is 0 Å². The van der Waals surface area contributed by atoms with Crippen molar-refractivity contribution in [3.8, 4) is 34.1 Å². The largest absolute Gasteiger partial charge is 0.497 e. The maximum Gasteiger partial charge on any atom is 0.347 e. The third kappa shape index (κ3) is 11.4. The van der Waals surface area contributed by atoms with Gasteiger partial charge in [0.05, 0.1) is 26.9 Å². The van der Waals surface area contributed by atoms with Gasteiger partial charge in [0.15, 0.2) is 0 Å². The lowest BCUT2D eigenvalue weighted by Crippen LogP contribution is -2.31. The first-order chi connectivity index (χ1) is 29.1. The first-order valence-electron chi connectivity index (χ1n) is 19.7.